The number of carbonyl (C=O) groups excluding carboxylic acids is 1. The van der Waals surface area contributed by atoms with Crippen LogP contribution in [0, 0.1) is 0 Å². The Morgan fingerprint density at radius 1 is 1.27 bits per heavy atom. The molecule has 0 rings (SSSR count). The van der Waals surface area contributed by atoms with Gasteiger partial charge in [-0.1, -0.05) is 0 Å². The van der Waals surface area contributed by atoms with E-state index in [4.69, 9.17) is 14.9 Å². The predicted octanol–water partition coefficient (Wildman–Crippen LogP) is -0.0822. The molecule has 0 aliphatic carbocycles. The maximum absolute atomic E-state index is 10.8. The van der Waals surface area contributed by atoms with Crippen LogP contribution in [0.2, 0.25) is 0 Å². The first-order chi connectivity index (χ1) is 7.06. The molecule has 0 amide bonds. The van der Waals surface area contributed by atoms with Crippen LogP contribution in [0.1, 0.15) is 13.8 Å². The van der Waals surface area contributed by atoms with E-state index in [1.807, 2.05) is 0 Å². The molecule has 0 spiro atoms. The van der Waals surface area contributed by atoms with Crippen molar-refractivity contribution in [2.24, 2.45) is 0 Å². The first kappa shape index (κ1) is 14.2. The SMILES string of the molecule is CC(O)COC(C)COC(=O)OCCO. The number of carbonyl (C=O) groups is 1. The van der Waals surface area contributed by atoms with Gasteiger partial charge in [-0.2, -0.15) is 0 Å². The second kappa shape index (κ2) is 8.46. The molecule has 0 saturated carbocycles. The van der Waals surface area contributed by atoms with Crippen molar-refractivity contribution in [3.05, 3.63) is 0 Å². The van der Waals surface area contributed by atoms with Crippen molar-refractivity contribution in [2.75, 3.05) is 26.4 Å². The molecule has 0 aliphatic rings. The molecule has 0 bridgehead atoms. The standard InChI is InChI=1S/C9H18O6/c1-7(11)5-14-8(2)6-15-9(12)13-4-3-10/h7-8,10-11H,3-6H2,1-2H3. The summed E-state index contributed by atoms with van der Waals surface area (Å²) in [6.07, 6.45) is -1.69. The van der Waals surface area contributed by atoms with Crippen molar-refractivity contribution in [3.8, 4) is 0 Å². The van der Waals surface area contributed by atoms with Gasteiger partial charge in [-0.25, -0.2) is 4.79 Å². The average molecular weight is 222 g/mol. The van der Waals surface area contributed by atoms with Crippen LogP contribution in [0.5, 0.6) is 0 Å². The van der Waals surface area contributed by atoms with E-state index in [0.717, 1.165) is 0 Å². The first-order valence-electron chi connectivity index (χ1n) is 4.76. The van der Waals surface area contributed by atoms with E-state index >= 15 is 0 Å². The van der Waals surface area contributed by atoms with Crippen molar-refractivity contribution in [3.63, 3.8) is 0 Å². The number of aliphatic hydroxyl groups is 2. The maximum atomic E-state index is 10.8. The highest BCUT2D eigenvalue weighted by Crippen LogP contribution is 1.95. The lowest BCUT2D eigenvalue weighted by atomic mass is 10.4. The third kappa shape index (κ3) is 9.45. The van der Waals surface area contributed by atoms with Crippen LogP contribution >= 0.6 is 0 Å². The van der Waals surface area contributed by atoms with Gasteiger partial charge in [0, 0.05) is 0 Å². The third-order valence-corrected chi connectivity index (χ3v) is 1.37. The van der Waals surface area contributed by atoms with Gasteiger partial charge >= 0.3 is 6.16 Å². The number of ether oxygens (including phenoxy) is 3. The Morgan fingerprint density at radius 3 is 2.47 bits per heavy atom. The van der Waals surface area contributed by atoms with Gasteiger partial charge in [0.2, 0.25) is 0 Å². The lowest BCUT2D eigenvalue weighted by molar-refractivity contribution is -0.0353. The number of hydrogen-bond acceptors (Lipinski definition) is 6. The molecule has 0 aliphatic heterocycles. The summed E-state index contributed by atoms with van der Waals surface area (Å²) in [6, 6.07) is 0. The summed E-state index contributed by atoms with van der Waals surface area (Å²) in [5, 5.41) is 17.3. The van der Waals surface area contributed by atoms with Crippen LogP contribution in [0.3, 0.4) is 0 Å². The fourth-order valence-corrected chi connectivity index (χ4v) is 0.708. The molecule has 0 aromatic carbocycles. The minimum atomic E-state index is -0.837. The molecule has 0 aromatic rings. The Balaban J connectivity index is 3.44. The average Bonchev–Trinajstić information content (AvgIpc) is 2.20. The summed E-state index contributed by atoms with van der Waals surface area (Å²) in [5.41, 5.74) is 0. The molecule has 0 radical (unpaired) electrons. The summed E-state index contributed by atoms with van der Waals surface area (Å²) >= 11 is 0. The number of hydrogen-bond donors (Lipinski definition) is 2. The second-order valence-electron chi connectivity index (χ2n) is 3.13. The van der Waals surface area contributed by atoms with Gasteiger partial charge in [-0.3, -0.25) is 0 Å². The summed E-state index contributed by atoms with van der Waals surface area (Å²) in [6.45, 7) is 3.24. The van der Waals surface area contributed by atoms with Crippen LogP contribution in [-0.4, -0.2) is 55.0 Å². The molecule has 2 N–H and O–H groups in total. The highest BCUT2D eigenvalue weighted by molar-refractivity contribution is 5.59. The topological polar surface area (TPSA) is 85.2 Å². The number of rotatable bonds is 7. The smallest absolute Gasteiger partial charge is 0.432 e. The second-order valence-corrected chi connectivity index (χ2v) is 3.13. The summed E-state index contributed by atoms with van der Waals surface area (Å²) in [5.74, 6) is 0. The van der Waals surface area contributed by atoms with E-state index in [0.29, 0.717) is 0 Å². The van der Waals surface area contributed by atoms with Crippen LogP contribution in [0.15, 0.2) is 0 Å². The van der Waals surface area contributed by atoms with E-state index < -0.39 is 12.3 Å². The quantitative estimate of drug-likeness (QED) is 0.586. The van der Waals surface area contributed by atoms with E-state index in [-0.39, 0.29) is 32.5 Å². The van der Waals surface area contributed by atoms with Gasteiger partial charge in [0.15, 0.2) is 0 Å². The highest BCUT2D eigenvalue weighted by Gasteiger charge is 2.09. The van der Waals surface area contributed by atoms with Crippen molar-refractivity contribution < 1.29 is 29.2 Å². The van der Waals surface area contributed by atoms with Crippen LogP contribution in [0.4, 0.5) is 4.79 Å². The zero-order chi connectivity index (χ0) is 11.7. The Labute approximate surface area is 88.7 Å². The maximum Gasteiger partial charge on any atom is 0.508 e. The minimum absolute atomic E-state index is 0.0526. The molecule has 6 nitrogen and oxygen atoms in total. The largest absolute Gasteiger partial charge is 0.508 e. The van der Waals surface area contributed by atoms with Gasteiger partial charge < -0.3 is 24.4 Å². The Kier molecular flexibility index (Phi) is 7.98. The first-order valence-corrected chi connectivity index (χ1v) is 4.76. The predicted molar refractivity (Wildman–Crippen MR) is 51.5 cm³/mol. The van der Waals surface area contributed by atoms with E-state index in [1.165, 1.54) is 0 Å². The molecular weight excluding hydrogens is 204 g/mol. The monoisotopic (exact) mass is 222 g/mol. The molecule has 0 heterocycles. The summed E-state index contributed by atoms with van der Waals surface area (Å²) in [4.78, 5) is 10.8. The molecule has 0 fully saturated rings. The number of aliphatic hydroxyl groups excluding tert-OH is 2. The molecule has 0 aromatic heterocycles. The molecule has 15 heavy (non-hydrogen) atoms. The van der Waals surface area contributed by atoms with Gasteiger partial charge in [0.05, 0.1) is 25.4 Å². The van der Waals surface area contributed by atoms with Gasteiger partial charge in [0.1, 0.15) is 13.2 Å². The Morgan fingerprint density at radius 2 is 1.93 bits per heavy atom. The molecule has 6 heteroatoms. The minimum Gasteiger partial charge on any atom is -0.432 e. The molecule has 90 valence electrons. The van der Waals surface area contributed by atoms with E-state index in [9.17, 15) is 4.79 Å². The molecular formula is C9H18O6. The fourth-order valence-electron chi connectivity index (χ4n) is 0.708. The lowest BCUT2D eigenvalue weighted by Gasteiger charge is -2.14. The van der Waals surface area contributed by atoms with Crippen molar-refractivity contribution in [1.29, 1.82) is 0 Å². The summed E-state index contributed by atoms with van der Waals surface area (Å²) in [7, 11) is 0. The Bertz CT molecular complexity index is 170. The molecule has 2 unspecified atom stereocenters. The zero-order valence-corrected chi connectivity index (χ0v) is 9.01. The van der Waals surface area contributed by atoms with Crippen LogP contribution < -0.4 is 0 Å². The molecule has 2 atom stereocenters. The van der Waals surface area contributed by atoms with Gasteiger partial charge in [-0.05, 0) is 13.8 Å². The van der Waals surface area contributed by atoms with Gasteiger partial charge in [0.25, 0.3) is 0 Å². The summed E-state index contributed by atoms with van der Waals surface area (Å²) < 4.78 is 14.2. The van der Waals surface area contributed by atoms with Crippen LogP contribution in [-0.2, 0) is 14.2 Å². The third-order valence-electron chi connectivity index (χ3n) is 1.37. The van der Waals surface area contributed by atoms with E-state index in [1.54, 1.807) is 13.8 Å². The zero-order valence-electron chi connectivity index (χ0n) is 9.01. The fraction of sp³-hybridized carbons (Fsp3) is 0.889. The van der Waals surface area contributed by atoms with Crippen molar-refractivity contribution in [2.45, 2.75) is 26.1 Å². The van der Waals surface area contributed by atoms with Crippen molar-refractivity contribution in [1.82, 2.24) is 0 Å². The van der Waals surface area contributed by atoms with Crippen molar-refractivity contribution >= 4 is 6.16 Å². The van der Waals surface area contributed by atoms with Gasteiger partial charge in [-0.15, -0.1) is 0 Å². The lowest BCUT2D eigenvalue weighted by Crippen LogP contribution is -2.23. The highest BCUT2D eigenvalue weighted by atomic mass is 16.7. The molecule has 0 saturated heterocycles. The van der Waals surface area contributed by atoms with Crippen LogP contribution in [0.25, 0.3) is 0 Å². The van der Waals surface area contributed by atoms with E-state index in [2.05, 4.69) is 9.47 Å². The Hall–Kier alpha value is -0.850. The normalized spacial score (nSPS) is 14.4.